The van der Waals surface area contributed by atoms with Crippen molar-refractivity contribution in [3.8, 4) is 0 Å². The first kappa shape index (κ1) is 13.6. The molecule has 0 aliphatic rings. The largest absolute Gasteiger partial charge is 0.306 e. The molecule has 2 aromatic carbocycles. The smallest absolute Gasteiger partial charge is 0.0297 e. The predicted molar refractivity (Wildman–Crippen MR) is 85.6 cm³/mol. The fraction of sp³-hybridized carbons (Fsp3) is 0.250. The Morgan fingerprint density at radius 2 is 1.72 bits per heavy atom. The molecule has 0 saturated heterocycles. The molecule has 1 atom stereocenters. The summed E-state index contributed by atoms with van der Waals surface area (Å²) in [4.78, 5) is 0. The van der Waals surface area contributed by atoms with Crippen molar-refractivity contribution in [1.29, 1.82) is 0 Å². The average molecular weight is 351 g/mol. The molecule has 0 saturated carbocycles. The highest BCUT2D eigenvalue weighted by atomic mass is 127. The van der Waals surface area contributed by atoms with Crippen molar-refractivity contribution in [1.82, 2.24) is 5.32 Å². The number of hydrogen-bond donors (Lipinski definition) is 1. The summed E-state index contributed by atoms with van der Waals surface area (Å²) >= 11 is 2.33. The van der Waals surface area contributed by atoms with Crippen LogP contribution in [0.3, 0.4) is 0 Å². The first-order chi connectivity index (χ1) is 8.66. The predicted octanol–water partition coefficient (Wildman–Crippen LogP) is 4.45. The van der Waals surface area contributed by atoms with Crippen molar-refractivity contribution >= 4 is 22.6 Å². The molecule has 0 radical (unpaired) electrons. The van der Waals surface area contributed by atoms with Gasteiger partial charge in [0.25, 0.3) is 0 Å². The van der Waals surface area contributed by atoms with Crippen LogP contribution < -0.4 is 5.32 Å². The third-order valence-electron chi connectivity index (χ3n) is 3.18. The van der Waals surface area contributed by atoms with E-state index in [2.05, 4.69) is 90.3 Å². The van der Waals surface area contributed by atoms with Crippen LogP contribution in [0, 0.1) is 10.5 Å². The van der Waals surface area contributed by atoms with Gasteiger partial charge in [-0.1, -0.05) is 36.4 Å². The van der Waals surface area contributed by atoms with Gasteiger partial charge in [0.2, 0.25) is 0 Å². The Balaban J connectivity index is 1.98. The van der Waals surface area contributed by atoms with Crippen LogP contribution in [-0.2, 0) is 6.54 Å². The number of halogens is 1. The third kappa shape index (κ3) is 3.56. The van der Waals surface area contributed by atoms with E-state index >= 15 is 0 Å². The van der Waals surface area contributed by atoms with Crippen LogP contribution in [0.15, 0.2) is 48.5 Å². The summed E-state index contributed by atoms with van der Waals surface area (Å²) in [7, 11) is 0. The highest BCUT2D eigenvalue weighted by Crippen LogP contribution is 2.17. The van der Waals surface area contributed by atoms with E-state index in [1.54, 1.807) is 0 Å². The average Bonchev–Trinajstić information content (AvgIpc) is 2.38. The monoisotopic (exact) mass is 351 g/mol. The van der Waals surface area contributed by atoms with E-state index in [1.807, 2.05) is 0 Å². The van der Waals surface area contributed by atoms with Gasteiger partial charge in [0.1, 0.15) is 0 Å². The maximum Gasteiger partial charge on any atom is 0.0297 e. The summed E-state index contributed by atoms with van der Waals surface area (Å²) in [5.74, 6) is 0. The molecule has 1 nitrogen and oxygen atoms in total. The highest BCUT2D eigenvalue weighted by Gasteiger charge is 2.06. The van der Waals surface area contributed by atoms with Gasteiger partial charge in [-0.3, -0.25) is 0 Å². The fourth-order valence-electron chi connectivity index (χ4n) is 2.06. The van der Waals surface area contributed by atoms with Crippen molar-refractivity contribution < 1.29 is 0 Å². The lowest BCUT2D eigenvalue weighted by atomic mass is 10.0. The van der Waals surface area contributed by atoms with Crippen LogP contribution in [0.1, 0.15) is 29.7 Å². The van der Waals surface area contributed by atoms with Crippen LogP contribution >= 0.6 is 22.6 Å². The van der Waals surface area contributed by atoms with E-state index < -0.39 is 0 Å². The number of aryl methyl sites for hydroxylation is 1. The molecular formula is C16H18IN. The van der Waals surface area contributed by atoms with Crippen LogP contribution in [0.5, 0.6) is 0 Å². The number of rotatable bonds is 4. The van der Waals surface area contributed by atoms with Crippen molar-refractivity contribution in [2.45, 2.75) is 26.4 Å². The minimum absolute atomic E-state index is 0.380. The van der Waals surface area contributed by atoms with Gasteiger partial charge in [0, 0.05) is 16.2 Å². The van der Waals surface area contributed by atoms with Gasteiger partial charge in [-0.05, 0) is 65.3 Å². The van der Waals surface area contributed by atoms with Crippen molar-refractivity contribution in [3.63, 3.8) is 0 Å². The summed E-state index contributed by atoms with van der Waals surface area (Å²) < 4.78 is 1.28. The van der Waals surface area contributed by atoms with E-state index in [1.165, 1.54) is 20.3 Å². The lowest BCUT2D eigenvalue weighted by molar-refractivity contribution is 0.572. The van der Waals surface area contributed by atoms with Gasteiger partial charge >= 0.3 is 0 Å². The minimum Gasteiger partial charge on any atom is -0.306 e. The van der Waals surface area contributed by atoms with Gasteiger partial charge in [-0.25, -0.2) is 0 Å². The lowest BCUT2D eigenvalue weighted by Crippen LogP contribution is -2.18. The van der Waals surface area contributed by atoms with Crippen molar-refractivity contribution in [3.05, 3.63) is 68.8 Å². The van der Waals surface area contributed by atoms with Gasteiger partial charge in [-0.2, -0.15) is 0 Å². The molecule has 1 N–H and O–H groups in total. The zero-order valence-corrected chi connectivity index (χ0v) is 12.9. The topological polar surface area (TPSA) is 12.0 Å². The Morgan fingerprint density at radius 3 is 2.39 bits per heavy atom. The molecule has 0 amide bonds. The second kappa shape index (κ2) is 6.34. The number of benzene rings is 2. The standard InChI is InChI=1S/C16H18IN/c1-12-5-3-4-6-16(12)13(2)18-11-14-7-9-15(17)10-8-14/h3-10,13,18H,11H2,1-2H3. The molecule has 0 aromatic heterocycles. The van der Waals surface area contributed by atoms with Crippen LogP contribution in [0.25, 0.3) is 0 Å². The third-order valence-corrected chi connectivity index (χ3v) is 3.90. The Morgan fingerprint density at radius 1 is 1.06 bits per heavy atom. The summed E-state index contributed by atoms with van der Waals surface area (Å²) in [6, 6.07) is 17.6. The van der Waals surface area contributed by atoms with Crippen molar-refractivity contribution in [2.24, 2.45) is 0 Å². The molecular weight excluding hydrogens is 333 g/mol. The Kier molecular flexibility index (Phi) is 4.78. The molecule has 0 aliphatic heterocycles. The van der Waals surface area contributed by atoms with E-state index in [0.717, 1.165) is 6.54 Å². The fourth-order valence-corrected chi connectivity index (χ4v) is 2.42. The maximum absolute atomic E-state index is 3.57. The van der Waals surface area contributed by atoms with Crippen LogP contribution in [-0.4, -0.2) is 0 Å². The molecule has 2 heteroatoms. The van der Waals surface area contributed by atoms with Crippen LogP contribution in [0.2, 0.25) is 0 Å². The molecule has 0 bridgehead atoms. The molecule has 94 valence electrons. The lowest BCUT2D eigenvalue weighted by Gasteiger charge is -2.16. The highest BCUT2D eigenvalue weighted by molar-refractivity contribution is 14.1. The summed E-state index contributed by atoms with van der Waals surface area (Å²) in [6.45, 7) is 5.29. The maximum atomic E-state index is 3.57. The summed E-state index contributed by atoms with van der Waals surface area (Å²) in [6.07, 6.45) is 0. The molecule has 0 aliphatic carbocycles. The second-order valence-corrected chi connectivity index (χ2v) is 5.83. The van der Waals surface area contributed by atoms with Crippen LogP contribution in [0.4, 0.5) is 0 Å². The number of hydrogen-bond acceptors (Lipinski definition) is 1. The molecule has 0 heterocycles. The van der Waals surface area contributed by atoms with Gasteiger partial charge in [0.05, 0.1) is 0 Å². The first-order valence-corrected chi connectivity index (χ1v) is 7.28. The second-order valence-electron chi connectivity index (χ2n) is 4.59. The van der Waals surface area contributed by atoms with Gasteiger partial charge in [0.15, 0.2) is 0 Å². The molecule has 2 aromatic rings. The van der Waals surface area contributed by atoms with E-state index in [9.17, 15) is 0 Å². The zero-order chi connectivity index (χ0) is 13.0. The molecule has 0 spiro atoms. The molecule has 0 fully saturated rings. The Labute approximate surface area is 123 Å². The SMILES string of the molecule is Cc1ccccc1C(C)NCc1ccc(I)cc1. The zero-order valence-electron chi connectivity index (χ0n) is 10.8. The quantitative estimate of drug-likeness (QED) is 0.803. The summed E-state index contributed by atoms with van der Waals surface area (Å²) in [5, 5.41) is 3.57. The Bertz CT molecular complexity index is 505. The van der Waals surface area contributed by atoms with E-state index in [-0.39, 0.29) is 0 Å². The van der Waals surface area contributed by atoms with E-state index in [4.69, 9.17) is 0 Å². The van der Waals surface area contributed by atoms with Gasteiger partial charge in [-0.15, -0.1) is 0 Å². The molecule has 18 heavy (non-hydrogen) atoms. The summed E-state index contributed by atoms with van der Waals surface area (Å²) in [5.41, 5.74) is 4.05. The Hall–Kier alpha value is -0.870. The normalized spacial score (nSPS) is 12.4. The van der Waals surface area contributed by atoms with Crippen molar-refractivity contribution in [2.75, 3.05) is 0 Å². The number of nitrogens with one attached hydrogen (secondary N) is 1. The van der Waals surface area contributed by atoms with Gasteiger partial charge < -0.3 is 5.32 Å². The van der Waals surface area contributed by atoms with E-state index in [0.29, 0.717) is 6.04 Å². The minimum atomic E-state index is 0.380. The first-order valence-electron chi connectivity index (χ1n) is 6.20. The molecule has 2 rings (SSSR count). The molecule has 1 unspecified atom stereocenters.